The number of phenolic OH excluding ortho intramolecular Hbond substituents is 1. The van der Waals surface area contributed by atoms with Gasteiger partial charge in [0.05, 0.1) is 7.11 Å². The van der Waals surface area contributed by atoms with E-state index in [1.807, 2.05) is 12.1 Å². The third-order valence-corrected chi connectivity index (χ3v) is 2.83. The van der Waals surface area contributed by atoms with E-state index in [0.29, 0.717) is 12.3 Å². The topological polar surface area (TPSA) is 44.7 Å². The molecule has 1 aromatic carbocycles. The Kier molecular flexibility index (Phi) is 5.80. The van der Waals surface area contributed by atoms with Gasteiger partial charge in [0.15, 0.2) is 11.5 Å². The minimum atomic E-state index is 0.228. The molecule has 0 amide bonds. The number of methoxy groups -OCH3 is 1. The highest BCUT2D eigenvalue weighted by atomic mass is 16.5. The first-order chi connectivity index (χ1) is 8.19. The van der Waals surface area contributed by atoms with E-state index in [4.69, 9.17) is 4.74 Å². The number of phenols is 1. The third-order valence-electron chi connectivity index (χ3n) is 2.83. The number of hydrogen-bond donors (Lipinski definition) is 2. The third kappa shape index (κ3) is 4.24. The molecule has 4 heteroatoms. The number of hydrogen-bond acceptors (Lipinski definition) is 4. The number of aromatic hydroxyl groups is 1. The molecule has 0 saturated heterocycles. The van der Waals surface area contributed by atoms with Crippen molar-refractivity contribution in [1.29, 1.82) is 0 Å². The van der Waals surface area contributed by atoms with Crippen molar-refractivity contribution in [2.75, 3.05) is 33.8 Å². The fourth-order valence-corrected chi connectivity index (χ4v) is 1.53. The van der Waals surface area contributed by atoms with E-state index in [-0.39, 0.29) is 5.75 Å². The lowest BCUT2D eigenvalue weighted by molar-refractivity contribution is 0.346. The van der Waals surface area contributed by atoms with Crippen molar-refractivity contribution in [2.24, 2.45) is 0 Å². The Labute approximate surface area is 103 Å². The number of para-hydroxylation sites is 1. The summed E-state index contributed by atoms with van der Waals surface area (Å²) in [7, 11) is 3.65. The van der Waals surface area contributed by atoms with Crippen LogP contribution in [0, 0.1) is 0 Å². The summed E-state index contributed by atoms with van der Waals surface area (Å²) in [6, 6.07) is 5.53. The molecule has 96 valence electrons. The minimum absolute atomic E-state index is 0.228. The van der Waals surface area contributed by atoms with Crippen LogP contribution < -0.4 is 10.1 Å². The van der Waals surface area contributed by atoms with Crippen LogP contribution in [0.2, 0.25) is 0 Å². The zero-order valence-electron chi connectivity index (χ0n) is 10.9. The number of nitrogens with zero attached hydrogens (tertiary/aromatic N) is 1. The fourth-order valence-electron chi connectivity index (χ4n) is 1.53. The molecule has 0 unspecified atom stereocenters. The molecule has 0 saturated carbocycles. The van der Waals surface area contributed by atoms with Crippen LogP contribution in [0.25, 0.3) is 0 Å². The molecule has 0 bridgehead atoms. The van der Waals surface area contributed by atoms with Crippen LogP contribution in [0.5, 0.6) is 11.5 Å². The predicted octanol–water partition coefficient (Wildman–Crippen LogP) is 1.44. The Hall–Kier alpha value is -1.26. The lowest BCUT2D eigenvalue weighted by Crippen LogP contribution is -2.28. The number of ether oxygens (including phenoxy) is 1. The van der Waals surface area contributed by atoms with Gasteiger partial charge in [-0.15, -0.1) is 0 Å². The summed E-state index contributed by atoms with van der Waals surface area (Å²) in [5, 5.41) is 13.2. The normalized spacial score (nSPS) is 10.8. The van der Waals surface area contributed by atoms with Gasteiger partial charge in [-0.2, -0.15) is 0 Å². The summed E-state index contributed by atoms with van der Waals surface area (Å²) in [4.78, 5) is 2.23. The molecule has 0 radical (unpaired) electrons. The molecule has 0 aromatic heterocycles. The van der Waals surface area contributed by atoms with E-state index in [1.54, 1.807) is 13.2 Å². The van der Waals surface area contributed by atoms with Gasteiger partial charge in [-0.25, -0.2) is 0 Å². The smallest absolute Gasteiger partial charge is 0.162 e. The zero-order chi connectivity index (χ0) is 12.7. The van der Waals surface area contributed by atoms with Gasteiger partial charge < -0.3 is 20.1 Å². The van der Waals surface area contributed by atoms with Crippen LogP contribution in [-0.2, 0) is 6.54 Å². The quantitative estimate of drug-likeness (QED) is 0.706. The first-order valence-corrected chi connectivity index (χ1v) is 5.93. The van der Waals surface area contributed by atoms with Crippen molar-refractivity contribution >= 4 is 0 Å². The Morgan fingerprint density at radius 3 is 2.82 bits per heavy atom. The summed E-state index contributed by atoms with van der Waals surface area (Å²) >= 11 is 0. The van der Waals surface area contributed by atoms with Crippen LogP contribution >= 0.6 is 0 Å². The number of likely N-dealkylation sites (N-methyl/N-ethyl adjacent to an activating group) is 1. The molecule has 1 aromatic rings. The number of benzene rings is 1. The summed E-state index contributed by atoms with van der Waals surface area (Å²) in [6.07, 6.45) is 0. The second kappa shape index (κ2) is 7.14. The van der Waals surface area contributed by atoms with Gasteiger partial charge in [-0.3, -0.25) is 0 Å². The van der Waals surface area contributed by atoms with Crippen LogP contribution in [0.15, 0.2) is 18.2 Å². The summed E-state index contributed by atoms with van der Waals surface area (Å²) in [6.45, 7) is 5.74. The van der Waals surface area contributed by atoms with Gasteiger partial charge in [0.2, 0.25) is 0 Å². The molecule has 0 spiro atoms. The molecular weight excluding hydrogens is 216 g/mol. The highest BCUT2D eigenvalue weighted by molar-refractivity contribution is 5.45. The molecule has 0 heterocycles. The maximum atomic E-state index is 9.87. The van der Waals surface area contributed by atoms with Crippen molar-refractivity contribution < 1.29 is 9.84 Å². The maximum absolute atomic E-state index is 9.87. The van der Waals surface area contributed by atoms with Gasteiger partial charge in [-0.1, -0.05) is 19.1 Å². The average Bonchev–Trinajstić information content (AvgIpc) is 2.36. The van der Waals surface area contributed by atoms with Gasteiger partial charge in [0, 0.05) is 25.2 Å². The zero-order valence-corrected chi connectivity index (χ0v) is 10.9. The summed E-state index contributed by atoms with van der Waals surface area (Å²) < 4.78 is 5.06. The Morgan fingerprint density at radius 1 is 1.41 bits per heavy atom. The molecule has 4 nitrogen and oxygen atoms in total. The first-order valence-electron chi connectivity index (χ1n) is 5.93. The second-order valence-corrected chi connectivity index (χ2v) is 4.04. The second-order valence-electron chi connectivity index (χ2n) is 4.04. The molecule has 1 rings (SSSR count). The molecule has 0 fully saturated rings. The van der Waals surface area contributed by atoms with Crippen LogP contribution in [0.3, 0.4) is 0 Å². The largest absolute Gasteiger partial charge is 0.504 e. The van der Waals surface area contributed by atoms with Crippen LogP contribution in [0.4, 0.5) is 0 Å². The van der Waals surface area contributed by atoms with Crippen molar-refractivity contribution in [2.45, 2.75) is 13.5 Å². The molecule has 0 aliphatic rings. The molecule has 0 atom stereocenters. The lowest BCUT2D eigenvalue weighted by Gasteiger charge is -2.14. The van der Waals surface area contributed by atoms with E-state index in [0.717, 1.165) is 25.2 Å². The van der Waals surface area contributed by atoms with Gasteiger partial charge >= 0.3 is 0 Å². The fraction of sp³-hybridized carbons (Fsp3) is 0.538. The molecule has 0 aliphatic carbocycles. The SMILES string of the molecule is CCN(C)CCNCc1cccc(OC)c1O. The Balaban J connectivity index is 2.41. The van der Waals surface area contributed by atoms with E-state index < -0.39 is 0 Å². The minimum Gasteiger partial charge on any atom is -0.504 e. The van der Waals surface area contributed by atoms with Crippen LogP contribution in [-0.4, -0.2) is 43.8 Å². The molecular formula is C13H22N2O2. The molecule has 0 aliphatic heterocycles. The van der Waals surface area contributed by atoms with E-state index in [2.05, 4.69) is 24.2 Å². The Morgan fingerprint density at radius 2 is 2.18 bits per heavy atom. The van der Waals surface area contributed by atoms with Crippen molar-refractivity contribution in [3.8, 4) is 11.5 Å². The highest BCUT2D eigenvalue weighted by Gasteiger charge is 2.06. The predicted molar refractivity (Wildman–Crippen MR) is 69.5 cm³/mol. The maximum Gasteiger partial charge on any atom is 0.162 e. The van der Waals surface area contributed by atoms with Gasteiger partial charge in [0.1, 0.15) is 0 Å². The van der Waals surface area contributed by atoms with E-state index >= 15 is 0 Å². The van der Waals surface area contributed by atoms with E-state index in [9.17, 15) is 5.11 Å². The van der Waals surface area contributed by atoms with Crippen molar-refractivity contribution in [1.82, 2.24) is 10.2 Å². The highest BCUT2D eigenvalue weighted by Crippen LogP contribution is 2.28. The molecule has 17 heavy (non-hydrogen) atoms. The Bertz CT molecular complexity index is 342. The summed E-state index contributed by atoms with van der Waals surface area (Å²) in [5.74, 6) is 0.751. The number of nitrogens with one attached hydrogen (secondary N) is 1. The van der Waals surface area contributed by atoms with Crippen molar-refractivity contribution in [3.63, 3.8) is 0 Å². The van der Waals surface area contributed by atoms with E-state index in [1.165, 1.54) is 0 Å². The van der Waals surface area contributed by atoms with Gasteiger partial charge in [0.25, 0.3) is 0 Å². The van der Waals surface area contributed by atoms with Crippen LogP contribution in [0.1, 0.15) is 12.5 Å². The monoisotopic (exact) mass is 238 g/mol. The number of rotatable bonds is 7. The summed E-state index contributed by atoms with van der Waals surface area (Å²) in [5.41, 5.74) is 0.864. The average molecular weight is 238 g/mol. The molecule has 2 N–H and O–H groups in total. The lowest BCUT2D eigenvalue weighted by atomic mass is 10.2. The van der Waals surface area contributed by atoms with Crippen molar-refractivity contribution in [3.05, 3.63) is 23.8 Å². The first kappa shape index (κ1) is 13.8. The van der Waals surface area contributed by atoms with Gasteiger partial charge in [-0.05, 0) is 19.7 Å². The standard InChI is InChI=1S/C13H22N2O2/c1-4-15(2)9-8-14-10-11-6-5-7-12(17-3)13(11)16/h5-7,14,16H,4,8-10H2,1-3H3.